The fourth-order valence-electron chi connectivity index (χ4n) is 35.3. The summed E-state index contributed by atoms with van der Waals surface area (Å²) in [7, 11) is -6.17. The van der Waals surface area contributed by atoms with Gasteiger partial charge in [0.2, 0.25) is 38.5 Å². The van der Waals surface area contributed by atoms with Gasteiger partial charge in [-0.25, -0.2) is 16.8 Å². The average molecular weight is 2130 g/mol. The number of nitrogens with zero attached hydrogens (tertiary/aromatic N) is 3. The number of aliphatic hydroxyl groups excluding tert-OH is 2. The van der Waals surface area contributed by atoms with Gasteiger partial charge < -0.3 is 88.3 Å². The van der Waals surface area contributed by atoms with Crippen LogP contribution in [0.5, 0.6) is 0 Å². The molecule has 17 aliphatic rings. The molecular weight excluding hydrogens is 1930 g/mol. The van der Waals surface area contributed by atoms with Crippen LogP contribution in [0.2, 0.25) is 0 Å². The summed E-state index contributed by atoms with van der Waals surface area (Å²) in [6, 6.07) is 1.04. The predicted octanol–water partition coefficient (Wildman–Crippen LogP) is 13.0. The van der Waals surface area contributed by atoms with Gasteiger partial charge in [-0.3, -0.25) is 27.5 Å². The number of fused-ring (bicyclic) bond motifs is 15. The van der Waals surface area contributed by atoms with Crippen molar-refractivity contribution in [1.82, 2.24) is 25.3 Å². The molecule has 5 aliphatic heterocycles. The first-order chi connectivity index (χ1) is 68.9. The number of ketones is 1. The van der Waals surface area contributed by atoms with Gasteiger partial charge in [0.05, 0.1) is 37.1 Å². The van der Waals surface area contributed by atoms with Crippen LogP contribution in [0.15, 0.2) is 0 Å². The van der Waals surface area contributed by atoms with Gasteiger partial charge in [0, 0.05) is 155 Å². The van der Waals surface area contributed by atoms with Crippen LogP contribution in [0.4, 0.5) is 0 Å². The first-order valence-electron chi connectivity index (χ1n) is 58.7. The first kappa shape index (κ1) is 126. The standard InChI is InChI=1S/C40H70N2O9S.C34H58O5.C33H58N2O7S.C7H14N2O.CH4.2Na/c1-28(11-13-31(51-52(44,45)46)18-24-49-38-10-6-8-23-48-38)33-15-16-34-32-14-12-29-25-30(41-20-22-42-21-7-5-9-37(42)43)17-19-39(29,2)35(32)26-36(40(33,34)3)50-27-47-4;1-23(16-19-38-32-8-6-7-18-37-32)9-10-24(2)28-13-14-29-27-12-11-25-20-26(35)15-17-33(25,3)30(27)21-31(34(28,29)4)39-22-36-5;1-22(7-9-25(14-19-36)42-43(39,40)41)27-11-12-28-26-10-8-23-20-24(34-16-18-35-17-5-4-6-31(35)38)13-15-32(23,2)29(26)21-30(37)33(27,28)3;8-4-6-9-5-2-1-3-7(9)10;;;/h28-36,38,41H,5-27H2,1-4H3,(H,44,45,46);23-25,27-32H,6-22H2,1-5H3;22-30,34,36-37H,4-21H2,1-3H3,(H,39,40,41);1-6,8H2;1H4;;/q;;;;;2*+1/p-2/t28-,29+,30+,31?,32?,33-,34?,35?,36+,38?,39+,40-;23?,24-,25+,27?,28-,29?,30?,31+,32?,33+,34-;22-,23+,24+,25?,26?,27-,28?,29?,30+,32+,33-;;;;/m111..../s1. The monoisotopic (exact) mass is 2130 g/mol. The number of hydrogen-bond acceptors (Lipinski definition) is 25. The van der Waals surface area contributed by atoms with Crippen molar-refractivity contribution in [2.24, 2.45) is 151 Å². The van der Waals surface area contributed by atoms with Gasteiger partial charge in [0.25, 0.3) is 0 Å². The number of aliphatic hydroxyl groups is 2. The fraction of sp³-hybridized carbons (Fsp3) is 0.965. The van der Waals surface area contributed by atoms with Gasteiger partial charge in [-0.2, -0.15) is 0 Å². The quantitative estimate of drug-likeness (QED) is 0.0164. The van der Waals surface area contributed by atoms with Crippen molar-refractivity contribution in [3.8, 4) is 0 Å². The third-order valence-corrected chi connectivity index (χ3v) is 44.3. The fourth-order valence-corrected chi connectivity index (χ4v) is 36.3. The van der Waals surface area contributed by atoms with Crippen molar-refractivity contribution in [1.29, 1.82) is 0 Å². The molecule has 838 valence electrons. The number of carbonyl (C=O) groups excluding carboxylic acids is 4. The van der Waals surface area contributed by atoms with E-state index in [9.17, 15) is 55.3 Å². The number of nitrogens with two attached hydrogens (primary N) is 1. The van der Waals surface area contributed by atoms with E-state index in [1.807, 2.05) is 9.80 Å². The molecule has 14 unspecified atom stereocenters. The Kier molecular flexibility index (Phi) is 49.9. The summed E-state index contributed by atoms with van der Waals surface area (Å²) < 4.78 is 126. The first-order valence-corrected chi connectivity index (χ1v) is 61.3. The van der Waals surface area contributed by atoms with E-state index in [0.29, 0.717) is 207 Å². The zero-order chi connectivity index (χ0) is 103. The summed E-state index contributed by atoms with van der Waals surface area (Å²) in [5.74, 6) is 12.6. The number of methoxy groups -OCH3 is 2. The molecule has 32 heteroatoms. The van der Waals surface area contributed by atoms with Crippen LogP contribution in [0.1, 0.15) is 385 Å². The molecule has 147 heavy (non-hydrogen) atoms. The van der Waals surface area contributed by atoms with E-state index in [1.54, 1.807) is 14.2 Å². The SMILES string of the molecule is C.COCO[C@H]1CC2C(CC[C@H]3CC(=O)CC[C@]23C)C2CC[C@H]([C@H](C)CCC(C)CCOC3CCCCO3)[C@]21C.COCO[C@H]1CC2C(CC[C@H]3C[C@@H](NCCN4CCCCC4=O)CC[C@]23C)C2CC[C@H]([C@H](C)CCC(CCOC3CCCCO3)OS(=O)(=O)[O-])[C@]21C.C[C@H](CCC(CCO)OS(=O)(=O)[O-])[C@H]1CCC2C3CC[C@H]4C[C@@H](NCCN5CCCCC5=O)CC[C@]4(C)C3C[C@H](O)[C@@]21C.NCCN1CCCCC1=O.[Na+].[Na+]. The van der Waals surface area contributed by atoms with Crippen LogP contribution in [-0.4, -0.2) is 249 Å². The molecule has 12 aliphatic carbocycles. The zero-order valence-electron chi connectivity index (χ0n) is 93.2. The minimum Gasteiger partial charge on any atom is -0.726 e. The number of hydrogen-bond donors (Lipinski definition) is 5. The Hall–Kier alpha value is -0.700. The molecule has 6 N–H and O–H groups in total. The van der Waals surface area contributed by atoms with Crippen LogP contribution >= 0.6 is 0 Å². The number of Topliss-reactive ketones (excluding diaryl/α,β-unsaturated/α-hetero) is 1. The molecule has 0 aromatic heterocycles. The van der Waals surface area contributed by atoms with Crippen molar-refractivity contribution in [2.75, 3.05) is 120 Å². The summed E-state index contributed by atoms with van der Waals surface area (Å²) >= 11 is 0. The van der Waals surface area contributed by atoms with Gasteiger partial charge in [-0.15, -0.1) is 0 Å². The second-order valence-electron chi connectivity index (χ2n) is 50.8. The Morgan fingerprint density at radius 3 is 1.25 bits per heavy atom. The van der Waals surface area contributed by atoms with Gasteiger partial charge in [-0.1, -0.05) is 89.5 Å². The maximum Gasteiger partial charge on any atom is 1.00 e. The van der Waals surface area contributed by atoms with Crippen LogP contribution in [0.3, 0.4) is 0 Å². The Morgan fingerprint density at radius 2 is 0.837 bits per heavy atom. The van der Waals surface area contributed by atoms with Crippen molar-refractivity contribution in [2.45, 2.75) is 440 Å². The summed E-state index contributed by atoms with van der Waals surface area (Å²) in [6.45, 7) is 35.1. The van der Waals surface area contributed by atoms with E-state index in [0.717, 1.165) is 225 Å². The maximum atomic E-state index is 12.4. The Labute approximate surface area is 933 Å². The van der Waals surface area contributed by atoms with Crippen LogP contribution in [-0.2, 0) is 86.2 Å². The topological polar surface area (TPSA) is 375 Å². The minimum atomic E-state index is -4.83. The summed E-state index contributed by atoms with van der Waals surface area (Å²) in [4.78, 5) is 53.9. The largest absolute Gasteiger partial charge is 1.00 e. The van der Waals surface area contributed by atoms with Gasteiger partial charge >= 0.3 is 59.1 Å². The number of carbonyl (C=O) groups is 4. The van der Waals surface area contributed by atoms with Crippen LogP contribution in [0, 0.1) is 145 Å². The third kappa shape index (κ3) is 31.2. The molecule has 0 aromatic carbocycles. The second kappa shape index (κ2) is 58.0. The van der Waals surface area contributed by atoms with Gasteiger partial charge in [0.15, 0.2) is 12.6 Å². The number of ether oxygens (including phenoxy) is 8. The summed E-state index contributed by atoms with van der Waals surface area (Å²) in [6.07, 6.45) is 47.7. The Bertz CT molecular complexity index is 4220. The maximum absolute atomic E-state index is 12.4. The summed E-state index contributed by atoms with van der Waals surface area (Å²) in [5.41, 5.74) is 6.24. The predicted molar refractivity (Wildman–Crippen MR) is 560 cm³/mol. The molecule has 0 radical (unpaired) electrons. The Morgan fingerprint density at radius 1 is 0.435 bits per heavy atom. The summed E-state index contributed by atoms with van der Waals surface area (Å²) in [5, 5.41) is 28.9. The second-order valence-corrected chi connectivity index (χ2v) is 52.8. The molecule has 28 nitrogen and oxygen atoms in total. The van der Waals surface area contributed by atoms with E-state index >= 15 is 0 Å². The number of rotatable bonds is 42. The smallest absolute Gasteiger partial charge is 0.726 e. The van der Waals surface area contributed by atoms with Crippen molar-refractivity contribution in [3.63, 3.8) is 0 Å². The Balaban J connectivity index is 0.000000199. The van der Waals surface area contributed by atoms with Crippen molar-refractivity contribution >= 4 is 44.3 Å². The molecule has 12 saturated carbocycles. The molecule has 0 aromatic rings. The number of amides is 3. The molecule has 3 amide bonds. The van der Waals surface area contributed by atoms with Crippen LogP contribution in [0.25, 0.3) is 0 Å². The molecule has 5 heterocycles. The molecule has 0 spiro atoms. The molecule has 17 fully saturated rings. The zero-order valence-corrected chi connectivity index (χ0v) is 98.8. The molecule has 5 saturated heterocycles. The molecule has 17 rings (SSSR count). The van der Waals surface area contributed by atoms with E-state index in [1.165, 1.54) is 116 Å². The number of nitrogens with one attached hydrogen (secondary N) is 2. The van der Waals surface area contributed by atoms with Crippen molar-refractivity contribution in [3.05, 3.63) is 0 Å². The average Bonchev–Trinajstić information content (AvgIpc) is 1.61. The normalized spacial score (nSPS) is 39.0. The van der Waals surface area contributed by atoms with Gasteiger partial charge in [-0.05, 0) is 397 Å². The van der Waals surface area contributed by atoms with Crippen LogP contribution < -0.4 is 75.5 Å². The molecular formula is C115H202N6Na2O22S2. The van der Waals surface area contributed by atoms with E-state index in [2.05, 4.69) is 84.8 Å². The number of likely N-dealkylation sites (tertiary alicyclic amines) is 3. The molecule has 0 bridgehead atoms. The van der Waals surface area contributed by atoms with Crippen molar-refractivity contribution < 1.29 is 161 Å². The molecule has 34 atom stereocenters. The van der Waals surface area contributed by atoms with E-state index in [4.69, 9.17) is 52.0 Å². The van der Waals surface area contributed by atoms with E-state index in [-0.39, 0.29) is 144 Å². The number of piperidine rings is 3. The minimum absolute atomic E-state index is 0. The van der Waals surface area contributed by atoms with E-state index < -0.39 is 33.0 Å². The van der Waals surface area contributed by atoms with Gasteiger partial charge in [0.1, 0.15) is 19.4 Å². The third-order valence-electron chi connectivity index (χ3n) is 43.3.